The van der Waals surface area contributed by atoms with Gasteiger partial charge in [0, 0.05) is 21.7 Å². The van der Waals surface area contributed by atoms with Crippen molar-refractivity contribution in [2.24, 2.45) is 0 Å². The molecule has 3 aliphatic rings. The number of esters is 4. The Morgan fingerprint density at radius 1 is 0.763 bits per heavy atom. The molecular formula is C26H27NO8S3. The highest BCUT2D eigenvalue weighted by Crippen LogP contribution is 2.70. The molecule has 0 aromatic heterocycles. The van der Waals surface area contributed by atoms with E-state index in [0.717, 1.165) is 62.6 Å². The molecule has 3 heterocycles. The van der Waals surface area contributed by atoms with Crippen molar-refractivity contribution in [3.63, 3.8) is 0 Å². The summed E-state index contributed by atoms with van der Waals surface area (Å²) < 4.78 is 18.8. The molecule has 12 heteroatoms. The molecule has 3 aliphatic heterocycles. The Balaban J connectivity index is 2.16. The van der Waals surface area contributed by atoms with E-state index in [4.69, 9.17) is 18.9 Å². The van der Waals surface area contributed by atoms with E-state index in [-0.39, 0.29) is 20.3 Å². The van der Waals surface area contributed by atoms with Gasteiger partial charge in [-0.1, -0.05) is 46.9 Å². The molecule has 0 bridgehead atoms. The van der Waals surface area contributed by atoms with E-state index in [9.17, 15) is 19.2 Å². The third-order valence-corrected chi connectivity index (χ3v) is 10.9. The molecule has 1 N–H and O–H groups in total. The number of carbonyl (C=O) groups excluding carboxylic acids is 4. The lowest BCUT2D eigenvalue weighted by molar-refractivity contribution is -0.138. The summed E-state index contributed by atoms with van der Waals surface area (Å²) in [6, 6.07) is 4.02. The summed E-state index contributed by atoms with van der Waals surface area (Å²) in [5.41, 5.74) is 3.51. The van der Waals surface area contributed by atoms with E-state index >= 15 is 0 Å². The molecule has 38 heavy (non-hydrogen) atoms. The Labute approximate surface area is 233 Å². The van der Waals surface area contributed by atoms with E-state index in [0.29, 0.717) is 5.57 Å². The molecule has 0 radical (unpaired) electrons. The van der Waals surface area contributed by atoms with Gasteiger partial charge in [-0.2, -0.15) is 0 Å². The highest BCUT2D eigenvalue weighted by Gasteiger charge is 2.60. The molecule has 0 saturated carbocycles. The molecule has 0 fully saturated rings. The first kappa shape index (κ1) is 28.2. The van der Waals surface area contributed by atoms with Crippen molar-refractivity contribution in [1.82, 2.24) is 0 Å². The average molecular weight is 578 g/mol. The maximum atomic E-state index is 13.5. The van der Waals surface area contributed by atoms with Crippen LogP contribution in [0.2, 0.25) is 0 Å². The van der Waals surface area contributed by atoms with Crippen LogP contribution in [0.3, 0.4) is 0 Å². The van der Waals surface area contributed by atoms with Gasteiger partial charge in [0.25, 0.3) is 0 Å². The van der Waals surface area contributed by atoms with Crippen molar-refractivity contribution in [2.75, 3.05) is 33.8 Å². The second-order valence-corrected chi connectivity index (χ2v) is 12.9. The Morgan fingerprint density at radius 2 is 1.26 bits per heavy atom. The predicted octanol–water partition coefficient (Wildman–Crippen LogP) is 4.30. The highest BCUT2D eigenvalue weighted by molar-refractivity contribution is 8.26. The molecule has 1 aromatic rings. The van der Waals surface area contributed by atoms with Crippen LogP contribution in [0.5, 0.6) is 0 Å². The minimum atomic E-state index is -1.47. The van der Waals surface area contributed by atoms with E-state index in [1.165, 1.54) is 28.4 Å². The number of rotatable bonds is 4. The van der Waals surface area contributed by atoms with E-state index in [2.05, 4.69) is 5.32 Å². The van der Waals surface area contributed by atoms with Gasteiger partial charge in [-0.3, -0.25) is 0 Å². The Hall–Kier alpha value is -2.83. The number of ether oxygens (including phenoxy) is 4. The third-order valence-electron chi connectivity index (χ3n) is 6.27. The second-order valence-electron chi connectivity index (χ2n) is 9.21. The number of thioether (sulfide) groups is 3. The summed E-state index contributed by atoms with van der Waals surface area (Å²) in [6.07, 6.45) is 0. The molecule has 0 unspecified atom stereocenters. The minimum Gasteiger partial charge on any atom is -0.466 e. The number of aryl methyl sites for hydroxylation is 2. The fraction of sp³-hybridized carbons (Fsp3) is 0.385. The van der Waals surface area contributed by atoms with Gasteiger partial charge in [-0.15, -0.1) is 0 Å². The van der Waals surface area contributed by atoms with Crippen LogP contribution in [0.25, 0.3) is 5.57 Å². The van der Waals surface area contributed by atoms with E-state index in [1.54, 1.807) is 0 Å². The number of methoxy groups -OCH3 is 4. The summed E-state index contributed by atoms with van der Waals surface area (Å²) in [6.45, 7) is 7.86. The van der Waals surface area contributed by atoms with Crippen molar-refractivity contribution < 1.29 is 38.1 Å². The smallest absolute Gasteiger partial charge is 0.345 e. The standard InChI is InChI=1S/C26H27NO8S3/c1-11-9-12(2)16-13(10-11)14-20(25(3,4)27-16)36-17(22(29)33-6)15(21(28)32-5)26(14)37-18(23(30)34-7)19(38-26)24(31)35-8/h9-10,27H,1-8H3. The number of benzene rings is 1. The Morgan fingerprint density at radius 3 is 1.76 bits per heavy atom. The number of anilines is 1. The van der Waals surface area contributed by atoms with Crippen LogP contribution in [-0.4, -0.2) is 61.9 Å². The normalized spacial score (nSPS) is 18.9. The first-order valence-electron chi connectivity index (χ1n) is 11.4. The molecule has 0 saturated heterocycles. The van der Waals surface area contributed by atoms with Crippen LogP contribution in [-0.2, 0) is 38.1 Å². The van der Waals surface area contributed by atoms with Crippen molar-refractivity contribution in [3.8, 4) is 0 Å². The zero-order chi connectivity index (χ0) is 28.2. The van der Waals surface area contributed by atoms with E-state index < -0.39 is 33.5 Å². The van der Waals surface area contributed by atoms with Crippen LogP contribution in [0, 0.1) is 13.8 Å². The largest absolute Gasteiger partial charge is 0.466 e. The summed E-state index contributed by atoms with van der Waals surface area (Å²) in [7, 11) is 4.84. The van der Waals surface area contributed by atoms with Crippen molar-refractivity contribution in [3.05, 3.63) is 54.0 Å². The fourth-order valence-corrected chi connectivity index (χ4v) is 9.71. The van der Waals surface area contributed by atoms with Gasteiger partial charge in [0.2, 0.25) is 0 Å². The lowest BCUT2D eigenvalue weighted by Gasteiger charge is -2.47. The molecule has 9 nitrogen and oxygen atoms in total. The predicted molar refractivity (Wildman–Crippen MR) is 148 cm³/mol. The average Bonchev–Trinajstić information content (AvgIpc) is 3.27. The number of fused-ring (bicyclic) bond motifs is 3. The van der Waals surface area contributed by atoms with Crippen LogP contribution in [0.4, 0.5) is 5.69 Å². The Bertz CT molecular complexity index is 1360. The van der Waals surface area contributed by atoms with Gasteiger partial charge < -0.3 is 24.3 Å². The molecule has 1 aromatic carbocycles. The third kappa shape index (κ3) is 4.22. The summed E-state index contributed by atoms with van der Waals surface area (Å²) >= 11 is 3.05. The molecule has 0 aliphatic carbocycles. The molecule has 0 atom stereocenters. The topological polar surface area (TPSA) is 117 Å². The van der Waals surface area contributed by atoms with Crippen LogP contribution in [0.15, 0.2) is 37.3 Å². The summed E-state index contributed by atoms with van der Waals surface area (Å²) in [5.74, 6) is -3.06. The molecular weight excluding hydrogens is 550 g/mol. The van der Waals surface area contributed by atoms with Gasteiger partial charge in [-0.05, 0) is 39.3 Å². The maximum absolute atomic E-state index is 13.5. The molecule has 4 rings (SSSR count). The Kier molecular flexibility index (Phi) is 7.45. The monoisotopic (exact) mass is 577 g/mol. The van der Waals surface area contributed by atoms with Crippen LogP contribution >= 0.6 is 35.3 Å². The maximum Gasteiger partial charge on any atom is 0.345 e. The minimum absolute atomic E-state index is 0.0103. The first-order chi connectivity index (χ1) is 17.9. The van der Waals surface area contributed by atoms with Gasteiger partial charge in [0.15, 0.2) is 0 Å². The highest BCUT2D eigenvalue weighted by atomic mass is 32.2. The van der Waals surface area contributed by atoms with Crippen LogP contribution < -0.4 is 5.32 Å². The lowest BCUT2D eigenvalue weighted by Crippen LogP contribution is -2.44. The van der Waals surface area contributed by atoms with Crippen molar-refractivity contribution >= 4 is 70.4 Å². The van der Waals surface area contributed by atoms with Crippen molar-refractivity contribution in [1.29, 1.82) is 0 Å². The zero-order valence-corrected chi connectivity index (χ0v) is 24.6. The van der Waals surface area contributed by atoms with Crippen molar-refractivity contribution in [2.45, 2.75) is 37.3 Å². The number of carbonyl (C=O) groups is 4. The first-order valence-corrected chi connectivity index (χ1v) is 13.8. The fourth-order valence-electron chi connectivity index (χ4n) is 4.69. The molecule has 202 valence electrons. The molecule has 1 spiro atoms. The van der Waals surface area contributed by atoms with E-state index in [1.807, 2.05) is 39.8 Å². The zero-order valence-electron chi connectivity index (χ0n) is 22.1. The second kappa shape index (κ2) is 10.0. The number of nitrogens with one attached hydrogen (secondary N) is 1. The number of hydrogen-bond donors (Lipinski definition) is 1. The van der Waals surface area contributed by atoms with Gasteiger partial charge >= 0.3 is 23.9 Å². The SMILES string of the molecule is COC(=O)C1=C(C(=O)OC)SC2(S1)C(C(=O)OC)=C(C(=O)OC)SC1=C2c2cc(C)cc(C)c2NC1(C)C. The molecule has 0 amide bonds. The van der Waals surface area contributed by atoms with Gasteiger partial charge in [-0.25, -0.2) is 19.2 Å². The van der Waals surface area contributed by atoms with Crippen LogP contribution in [0.1, 0.15) is 30.5 Å². The van der Waals surface area contributed by atoms with Gasteiger partial charge in [0.05, 0.1) is 39.6 Å². The summed E-state index contributed by atoms with van der Waals surface area (Å²) in [4.78, 5) is 53.3. The summed E-state index contributed by atoms with van der Waals surface area (Å²) in [5, 5.41) is 3.58. The van der Waals surface area contributed by atoms with Gasteiger partial charge in [0.1, 0.15) is 18.8 Å². The number of hydrogen-bond acceptors (Lipinski definition) is 12. The lowest BCUT2D eigenvalue weighted by atomic mass is 9.83. The quantitative estimate of drug-likeness (QED) is 0.406.